The van der Waals surface area contributed by atoms with Gasteiger partial charge in [-0.25, -0.2) is 0 Å². The molecule has 6 heavy (non-hydrogen) atoms. The van der Waals surface area contributed by atoms with Gasteiger partial charge in [0.15, 0.2) is 0 Å². The van der Waals surface area contributed by atoms with Crippen molar-refractivity contribution in [2.24, 2.45) is 0 Å². The fourth-order valence-corrected chi connectivity index (χ4v) is 0. The first-order chi connectivity index (χ1) is 0. The summed E-state index contributed by atoms with van der Waals surface area (Å²) >= 11 is 0. The summed E-state index contributed by atoms with van der Waals surface area (Å²) in [5, 5.41) is 0. The fraction of sp³-hybridized carbons (Fsp3) is 0. The Morgan fingerprint density at radius 2 is 0.333 bits per heavy atom. The Kier molecular flexibility index (Phi) is 473. The standard InChI is InChI=1S/4H3P.2Rh/h4*1H3;;. The van der Waals surface area contributed by atoms with Gasteiger partial charge in [-0.15, -0.1) is 0 Å². The maximum absolute atomic E-state index is 0. The number of hydrogen-bond acceptors (Lipinski definition) is 0. The van der Waals surface area contributed by atoms with Crippen molar-refractivity contribution in [3.8, 4) is 0 Å². The third-order valence-corrected chi connectivity index (χ3v) is 0. The maximum Gasteiger partial charge on any atom is 0 e. The van der Waals surface area contributed by atoms with Crippen LogP contribution in [-0.2, 0) is 39.0 Å². The van der Waals surface area contributed by atoms with Crippen molar-refractivity contribution < 1.29 is 39.0 Å². The van der Waals surface area contributed by atoms with E-state index < -0.39 is 0 Å². The van der Waals surface area contributed by atoms with Gasteiger partial charge in [0.05, 0.1) is 0 Å². The second-order valence-corrected chi connectivity index (χ2v) is 0. The van der Waals surface area contributed by atoms with E-state index in [9.17, 15) is 0 Å². The second kappa shape index (κ2) is 43.9. The Hall–Kier alpha value is 2.97. The third-order valence-electron chi connectivity index (χ3n) is 0. The molecule has 0 spiro atoms. The second-order valence-electron chi connectivity index (χ2n) is 0. The van der Waals surface area contributed by atoms with E-state index in [2.05, 4.69) is 0 Å². The van der Waals surface area contributed by atoms with E-state index in [-0.39, 0.29) is 78.6 Å². The molecule has 0 heterocycles. The Morgan fingerprint density at radius 3 is 0.333 bits per heavy atom. The molecule has 0 aromatic carbocycles. The smallest absolute Gasteiger partial charge is 0 e. The van der Waals surface area contributed by atoms with Crippen LogP contribution in [-0.4, -0.2) is 0 Å². The third kappa shape index (κ3) is 28.2. The summed E-state index contributed by atoms with van der Waals surface area (Å²) in [7, 11) is 0. The first-order valence-corrected chi connectivity index (χ1v) is 0. The Morgan fingerprint density at radius 1 is 0.333 bits per heavy atom. The molecule has 4 atom stereocenters. The van der Waals surface area contributed by atoms with Gasteiger partial charge >= 0.3 is 0 Å². The average molecular weight is 342 g/mol. The molecule has 0 rings (SSSR count). The molecule has 0 aliphatic heterocycles. The summed E-state index contributed by atoms with van der Waals surface area (Å²) in [6, 6.07) is 0. The quantitative estimate of drug-likeness (QED) is 0.437. The number of rotatable bonds is 0. The van der Waals surface area contributed by atoms with Crippen LogP contribution in [0.15, 0.2) is 0 Å². The molecule has 0 aromatic rings. The van der Waals surface area contributed by atoms with Crippen LogP contribution in [0.4, 0.5) is 0 Å². The zero-order chi connectivity index (χ0) is 0. The van der Waals surface area contributed by atoms with Crippen LogP contribution < -0.4 is 0 Å². The zero-order valence-corrected chi connectivity index (χ0v) is 12.4. The molecule has 0 saturated heterocycles. The van der Waals surface area contributed by atoms with E-state index in [4.69, 9.17) is 0 Å². The molecular weight excluding hydrogens is 330 g/mol. The summed E-state index contributed by atoms with van der Waals surface area (Å²) in [4.78, 5) is 0. The van der Waals surface area contributed by atoms with E-state index in [0.717, 1.165) is 0 Å². The van der Waals surface area contributed by atoms with Gasteiger partial charge in [0.1, 0.15) is 0 Å². The van der Waals surface area contributed by atoms with Crippen molar-refractivity contribution in [1.29, 1.82) is 0 Å². The van der Waals surface area contributed by atoms with Crippen molar-refractivity contribution in [1.82, 2.24) is 0 Å². The summed E-state index contributed by atoms with van der Waals surface area (Å²) in [5.74, 6) is 0. The van der Waals surface area contributed by atoms with Gasteiger partial charge in [0.2, 0.25) is 0 Å². The van der Waals surface area contributed by atoms with Crippen molar-refractivity contribution in [3.05, 3.63) is 0 Å². The molecule has 0 amide bonds. The molecule has 0 aromatic heterocycles. The molecule has 0 N–H and O–H groups in total. The van der Waals surface area contributed by atoms with Gasteiger partial charge in [-0.1, -0.05) is 0 Å². The largest absolute Gasteiger partial charge is 0.153 e. The van der Waals surface area contributed by atoms with Gasteiger partial charge in [-0.3, -0.25) is 0 Å². The molecule has 2 radical (unpaired) electrons. The summed E-state index contributed by atoms with van der Waals surface area (Å²) in [5.41, 5.74) is 0. The van der Waals surface area contributed by atoms with Crippen LogP contribution in [0.5, 0.6) is 0 Å². The van der Waals surface area contributed by atoms with Gasteiger partial charge in [0, 0.05) is 39.0 Å². The van der Waals surface area contributed by atoms with Crippen molar-refractivity contribution >= 4 is 39.6 Å². The molecular formula is H12P4Rh2. The SMILES string of the molecule is P.P.P.P.[Rh].[Rh]. The molecule has 6 heteroatoms. The Balaban J connectivity index is 0. The minimum absolute atomic E-state index is 0. The minimum Gasteiger partial charge on any atom is -0.153 e. The molecule has 0 aliphatic carbocycles. The normalized spacial score (nSPS) is 0. The first kappa shape index (κ1) is 64.7. The Bertz CT molecular complexity index is 5.51. The van der Waals surface area contributed by atoms with Crippen LogP contribution >= 0.6 is 39.6 Å². The molecule has 4 unspecified atom stereocenters. The predicted molar refractivity (Wildman–Crippen MR) is 44.4 cm³/mol. The maximum atomic E-state index is 0. The number of hydrogen-bond donors (Lipinski definition) is 0. The molecule has 0 bridgehead atoms. The van der Waals surface area contributed by atoms with Crippen LogP contribution in [0.1, 0.15) is 0 Å². The van der Waals surface area contributed by atoms with Gasteiger partial charge in [0.25, 0.3) is 0 Å². The summed E-state index contributed by atoms with van der Waals surface area (Å²) in [6.45, 7) is 0. The van der Waals surface area contributed by atoms with Crippen molar-refractivity contribution in [2.75, 3.05) is 0 Å². The Labute approximate surface area is 78.1 Å². The summed E-state index contributed by atoms with van der Waals surface area (Å²) < 4.78 is 0. The van der Waals surface area contributed by atoms with E-state index in [0.29, 0.717) is 0 Å². The van der Waals surface area contributed by atoms with E-state index in [1.807, 2.05) is 0 Å². The molecule has 0 fully saturated rings. The monoisotopic (exact) mass is 342 g/mol. The van der Waals surface area contributed by atoms with Crippen LogP contribution in [0.25, 0.3) is 0 Å². The van der Waals surface area contributed by atoms with Gasteiger partial charge in [-0.05, 0) is 0 Å². The van der Waals surface area contributed by atoms with Gasteiger partial charge in [-0.2, -0.15) is 39.6 Å². The van der Waals surface area contributed by atoms with Crippen molar-refractivity contribution in [2.45, 2.75) is 0 Å². The minimum atomic E-state index is 0. The van der Waals surface area contributed by atoms with Crippen LogP contribution in [0, 0.1) is 0 Å². The van der Waals surface area contributed by atoms with Crippen LogP contribution in [0.2, 0.25) is 0 Å². The van der Waals surface area contributed by atoms with E-state index in [1.54, 1.807) is 0 Å². The van der Waals surface area contributed by atoms with Gasteiger partial charge < -0.3 is 0 Å². The topological polar surface area (TPSA) is 0 Å². The summed E-state index contributed by atoms with van der Waals surface area (Å²) in [6.07, 6.45) is 0. The van der Waals surface area contributed by atoms with E-state index >= 15 is 0 Å². The van der Waals surface area contributed by atoms with Crippen LogP contribution in [0.3, 0.4) is 0 Å². The van der Waals surface area contributed by atoms with E-state index in [1.165, 1.54) is 0 Å². The average Bonchev–Trinajstić information content (AvgIpc) is 0. The first-order valence-electron chi connectivity index (χ1n) is 0. The molecule has 0 saturated carbocycles. The fourth-order valence-electron chi connectivity index (χ4n) is 0. The molecule has 50 valence electrons. The molecule has 0 nitrogen and oxygen atoms in total. The van der Waals surface area contributed by atoms with Crippen molar-refractivity contribution in [3.63, 3.8) is 0 Å². The molecule has 0 aliphatic rings. The predicted octanol–water partition coefficient (Wildman–Crippen LogP) is 0.227. The zero-order valence-electron chi connectivity index (χ0n) is 3.50.